The van der Waals surface area contributed by atoms with Gasteiger partial charge < -0.3 is 5.32 Å². The van der Waals surface area contributed by atoms with Gasteiger partial charge in [0, 0.05) is 7.05 Å². The van der Waals surface area contributed by atoms with Crippen molar-refractivity contribution < 1.29 is 4.79 Å². The van der Waals surface area contributed by atoms with Crippen molar-refractivity contribution in [2.75, 3.05) is 7.05 Å². The largest absolute Gasteiger partial charge is 0.359 e. The summed E-state index contributed by atoms with van der Waals surface area (Å²) in [6, 6.07) is 20.7. The maximum Gasteiger partial charge on any atom is 0.227 e. The van der Waals surface area contributed by atoms with Gasteiger partial charge in [0.15, 0.2) is 0 Å². The highest BCUT2D eigenvalue weighted by atomic mass is 16.1. The SMILES string of the molecule is CNC(=O)[C@H]1CCC(c2ccccc2)=C1c1ccccc1. The Labute approximate surface area is 125 Å². The van der Waals surface area contributed by atoms with Gasteiger partial charge in [-0.3, -0.25) is 4.79 Å². The third kappa shape index (κ3) is 2.62. The van der Waals surface area contributed by atoms with Crippen molar-refractivity contribution in [2.24, 2.45) is 5.92 Å². The zero-order valence-corrected chi connectivity index (χ0v) is 12.2. The third-order valence-corrected chi connectivity index (χ3v) is 4.13. The van der Waals surface area contributed by atoms with Crippen LogP contribution in [0.25, 0.3) is 11.1 Å². The molecule has 0 radical (unpaired) electrons. The minimum absolute atomic E-state index is 0.0485. The van der Waals surface area contributed by atoms with Crippen LogP contribution in [-0.4, -0.2) is 13.0 Å². The van der Waals surface area contributed by atoms with Crippen molar-refractivity contribution in [1.82, 2.24) is 5.32 Å². The van der Waals surface area contributed by atoms with E-state index in [9.17, 15) is 4.79 Å². The molecule has 1 aliphatic carbocycles. The molecule has 0 bridgehead atoms. The van der Waals surface area contributed by atoms with Crippen LogP contribution in [0.15, 0.2) is 60.7 Å². The Morgan fingerprint density at radius 3 is 2.10 bits per heavy atom. The highest BCUT2D eigenvalue weighted by Gasteiger charge is 2.31. The van der Waals surface area contributed by atoms with E-state index in [1.807, 2.05) is 24.3 Å². The first-order valence-electron chi connectivity index (χ1n) is 7.36. The number of amides is 1. The third-order valence-electron chi connectivity index (χ3n) is 4.13. The molecule has 1 aliphatic rings. The summed E-state index contributed by atoms with van der Waals surface area (Å²) in [6.45, 7) is 0. The lowest BCUT2D eigenvalue weighted by Gasteiger charge is -2.15. The zero-order valence-electron chi connectivity index (χ0n) is 12.2. The monoisotopic (exact) mass is 277 g/mol. The van der Waals surface area contributed by atoms with Crippen LogP contribution >= 0.6 is 0 Å². The molecule has 0 saturated heterocycles. The molecular formula is C19H19NO. The van der Waals surface area contributed by atoms with E-state index in [1.165, 1.54) is 16.7 Å². The molecule has 2 nitrogen and oxygen atoms in total. The predicted octanol–water partition coefficient (Wildman–Crippen LogP) is 3.75. The lowest BCUT2D eigenvalue weighted by molar-refractivity contribution is -0.122. The van der Waals surface area contributed by atoms with Crippen LogP contribution < -0.4 is 5.32 Å². The average Bonchev–Trinajstić information content (AvgIpc) is 3.00. The summed E-state index contributed by atoms with van der Waals surface area (Å²) in [4.78, 5) is 12.2. The van der Waals surface area contributed by atoms with Gasteiger partial charge in [0.05, 0.1) is 5.92 Å². The minimum atomic E-state index is -0.0485. The van der Waals surface area contributed by atoms with Gasteiger partial charge in [-0.15, -0.1) is 0 Å². The van der Waals surface area contributed by atoms with Gasteiger partial charge in [-0.2, -0.15) is 0 Å². The van der Waals surface area contributed by atoms with Crippen LogP contribution in [0.1, 0.15) is 24.0 Å². The van der Waals surface area contributed by atoms with Crippen LogP contribution in [0, 0.1) is 5.92 Å². The number of rotatable bonds is 3. The molecule has 0 aromatic heterocycles. The van der Waals surface area contributed by atoms with Crippen molar-refractivity contribution in [2.45, 2.75) is 12.8 Å². The lowest BCUT2D eigenvalue weighted by Crippen LogP contribution is -2.26. The molecule has 0 spiro atoms. The number of carbonyl (C=O) groups excluding carboxylic acids is 1. The topological polar surface area (TPSA) is 29.1 Å². The van der Waals surface area contributed by atoms with Crippen molar-refractivity contribution >= 4 is 17.1 Å². The van der Waals surface area contributed by atoms with Crippen molar-refractivity contribution in [3.05, 3.63) is 71.8 Å². The van der Waals surface area contributed by atoms with E-state index < -0.39 is 0 Å². The number of benzene rings is 2. The predicted molar refractivity (Wildman–Crippen MR) is 86.5 cm³/mol. The average molecular weight is 277 g/mol. The molecule has 1 atom stereocenters. The van der Waals surface area contributed by atoms with Gasteiger partial charge >= 0.3 is 0 Å². The molecule has 2 aromatic carbocycles. The Morgan fingerprint density at radius 1 is 0.952 bits per heavy atom. The van der Waals surface area contributed by atoms with Crippen LogP contribution in [0.3, 0.4) is 0 Å². The molecule has 0 unspecified atom stereocenters. The van der Waals surface area contributed by atoms with E-state index >= 15 is 0 Å². The highest BCUT2D eigenvalue weighted by molar-refractivity contribution is 6.03. The van der Waals surface area contributed by atoms with Gasteiger partial charge in [-0.05, 0) is 35.1 Å². The van der Waals surface area contributed by atoms with Gasteiger partial charge in [0.1, 0.15) is 0 Å². The maximum absolute atomic E-state index is 12.2. The van der Waals surface area contributed by atoms with Crippen LogP contribution in [-0.2, 0) is 4.79 Å². The van der Waals surface area contributed by atoms with E-state index in [2.05, 4.69) is 41.7 Å². The second-order valence-electron chi connectivity index (χ2n) is 5.33. The second-order valence-corrected chi connectivity index (χ2v) is 5.33. The molecule has 0 saturated carbocycles. The normalized spacial score (nSPS) is 17.9. The van der Waals surface area contributed by atoms with E-state index in [4.69, 9.17) is 0 Å². The second kappa shape index (κ2) is 5.96. The van der Waals surface area contributed by atoms with Crippen LogP contribution in [0.4, 0.5) is 0 Å². The summed E-state index contributed by atoms with van der Waals surface area (Å²) in [6.07, 6.45) is 1.83. The molecule has 3 rings (SSSR count). The summed E-state index contributed by atoms with van der Waals surface area (Å²) in [5.41, 5.74) is 4.86. The summed E-state index contributed by atoms with van der Waals surface area (Å²) in [7, 11) is 1.71. The first-order valence-corrected chi connectivity index (χ1v) is 7.36. The zero-order chi connectivity index (χ0) is 14.7. The molecule has 21 heavy (non-hydrogen) atoms. The Kier molecular flexibility index (Phi) is 3.87. The number of carbonyl (C=O) groups is 1. The standard InChI is InChI=1S/C19H19NO/c1-20-19(21)17-13-12-16(14-8-4-2-5-9-14)18(17)15-10-6-3-7-11-15/h2-11,17H,12-13H2,1H3,(H,20,21)/t17-/m0/s1. The quantitative estimate of drug-likeness (QED) is 0.909. The number of hydrogen-bond acceptors (Lipinski definition) is 1. The van der Waals surface area contributed by atoms with Gasteiger partial charge in [-0.25, -0.2) is 0 Å². The van der Waals surface area contributed by atoms with Crippen LogP contribution in [0.2, 0.25) is 0 Å². The molecule has 2 aromatic rings. The summed E-state index contributed by atoms with van der Waals surface area (Å²) in [5.74, 6) is 0.0624. The van der Waals surface area contributed by atoms with Crippen molar-refractivity contribution in [3.63, 3.8) is 0 Å². The maximum atomic E-state index is 12.2. The molecule has 106 valence electrons. The Hall–Kier alpha value is -2.35. The fourth-order valence-corrected chi connectivity index (χ4v) is 3.15. The Bertz CT molecular complexity index is 658. The first-order chi connectivity index (χ1) is 10.3. The number of allylic oxidation sites excluding steroid dienone is 1. The summed E-state index contributed by atoms with van der Waals surface area (Å²) < 4.78 is 0. The Morgan fingerprint density at radius 2 is 1.52 bits per heavy atom. The van der Waals surface area contributed by atoms with E-state index in [0.717, 1.165) is 18.4 Å². The molecule has 2 heteroatoms. The van der Waals surface area contributed by atoms with Crippen LogP contribution in [0.5, 0.6) is 0 Å². The molecule has 0 fully saturated rings. The van der Waals surface area contributed by atoms with Gasteiger partial charge in [-0.1, -0.05) is 60.7 Å². The molecule has 0 aliphatic heterocycles. The van der Waals surface area contributed by atoms with Crippen molar-refractivity contribution in [1.29, 1.82) is 0 Å². The first kappa shape index (κ1) is 13.6. The Balaban J connectivity index is 2.13. The summed E-state index contributed by atoms with van der Waals surface area (Å²) >= 11 is 0. The van der Waals surface area contributed by atoms with E-state index in [0.29, 0.717) is 0 Å². The molecule has 0 heterocycles. The van der Waals surface area contributed by atoms with E-state index in [-0.39, 0.29) is 11.8 Å². The van der Waals surface area contributed by atoms with Gasteiger partial charge in [0.25, 0.3) is 0 Å². The minimum Gasteiger partial charge on any atom is -0.359 e. The molecular weight excluding hydrogens is 258 g/mol. The number of hydrogen-bond donors (Lipinski definition) is 1. The lowest BCUT2D eigenvalue weighted by atomic mass is 9.91. The smallest absolute Gasteiger partial charge is 0.227 e. The van der Waals surface area contributed by atoms with Crippen molar-refractivity contribution in [3.8, 4) is 0 Å². The summed E-state index contributed by atoms with van der Waals surface area (Å²) in [5, 5.41) is 2.81. The molecule has 1 amide bonds. The fraction of sp³-hybridized carbons (Fsp3) is 0.211. The van der Waals surface area contributed by atoms with Gasteiger partial charge in [0.2, 0.25) is 5.91 Å². The van der Waals surface area contributed by atoms with E-state index in [1.54, 1.807) is 7.05 Å². The fourth-order valence-electron chi connectivity index (χ4n) is 3.15. The molecule has 1 N–H and O–H groups in total. The highest BCUT2D eigenvalue weighted by Crippen LogP contribution is 2.43. The number of nitrogens with one attached hydrogen (secondary N) is 1.